The molecule has 0 radical (unpaired) electrons. The summed E-state index contributed by atoms with van der Waals surface area (Å²) in [7, 11) is 4.18. The molecule has 0 heterocycles. The van der Waals surface area contributed by atoms with Crippen molar-refractivity contribution in [2.24, 2.45) is 0 Å². The Bertz CT molecular complexity index is 569. The van der Waals surface area contributed by atoms with Gasteiger partial charge in [0.05, 0.1) is 0 Å². The van der Waals surface area contributed by atoms with Crippen molar-refractivity contribution < 1.29 is 0 Å². The molecule has 112 valence electrons. The number of benzene rings is 2. The third-order valence-corrected chi connectivity index (χ3v) is 4.37. The quantitative estimate of drug-likeness (QED) is 0.819. The van der Waals surface area contributed by atoms with Gasteiger partial charge in [0, 0.05) is 17.6 Å². The molecular weight excluding hydrogens is 324 g/mol. The first-order valence-electron chi connectivity index (χ1n) is 7.34. The summed E-state index contributed by atoms with van der Waals surface area (Å²) >= 11 is 3.62. The van der Waals surface area contributed by atoms with Crippen molar-refractivity contribution >= 4 is 15.9 Å². The number of halogens is 1. The molecule has 0 amide bonds. The number of likely N-dealkylation sites (N-methyl/N-ethyl adjacent to an activating group) is 1. The maximum absolute atomic E-state index is 3.62. The highest BCUT2D eigenvalue weighted by Crippen LogP contribution is 2.19. The molecule has 0 aliphatic carbocycles. The van der Waals surface area contributed by atoms with Gasteiger partial charge in [-0.25, -0.2) is 0 Å². The summed E-state index contributed by atoms with van der Waals surface area (Å²) < 4.78 is 1.18. The molecule has 2 nitrogen and oxygen atoms in total. The zero-order valence-electron chi connectivity index (χ0n) is 12.8. The highest BCUT2D eigenvalue weighted by molar-refractivity contribution is 9.10. The minimum atomic E-state index is 0.946. The van der Waals surface area contributed by atoms with Gasteiger partial charge in [-0.2, -0.15) is 0 Å². The van der Waals surface area contributed by atoms with E-state index in [4.69, 9.17) is 0 Å². The van der Waals surface area contributed by atoms with E-state index in [2.05, 4.69) is 81.7 Å². The summed E-state index contributed by atoms with van der Waals surface area (Å²) in [6.45, 7) is 2.94. The normalized spacial score (nSPS) is 11.0. The molecule has 2 aromatic rings. The van der Waals surface area contributed by atoms with Crippen LogP contribution in [-0.2, 0) is 19.5 Å². The van der Waals surface area contributed by atoms with Crippen LogP contribution in [0.1, 0.15) is 16.7 Å². The van der Waals surface area contributed by atoms with E-state index in [1.54, 1.807) is 0 Å². The fourth-order valence-corrected chi connectivity index (χ4v) is 2.89. The van der Waals surface area contributed by atoms with Gasteiger partial charge < -0.3 is 5.32 Å². The van der Waals surface area contributed by atoms with Crippen LogP contribution in [0.3, 0.4) is 0 Å². The van der Waals surface area contributed by atoms with E-state index >= 15 is 0 Å². The second-order valence-corrected chi connectivity index (χ2v) is 6.24. The molecule has 0 atom stereocenters. The van der Waals surface area contributed by atoms with E-state index < -0.39 is 0 Å². The second kappa shape index (κ2) is 8.32. The van der Waals surface area contributed by atoms with Crippen molar-refractivity contribution in [2.75, 3.05) is 20.6 Å². The van der Waals surface area contributed by atoms with Gasteiger partial charge >= 0.3 is 0 Å². The molecule has 0 bridgehead atoms. The molecule has 21 heavy (non-hydrogen) atoms. The fraction of sp³-hybridized carbons (Fsp3) is 0.333. The fourth-order valence-electron chi connectivity index (χ4n) is 2.48. The Morgan fingerprint density at radius 1 is 0.905 bits per heavy atom. The summed E-state index contributed by atoms with van der Waals surface area (Å²) in [4.78, 5) is 2.36. The molecule has 0 aliphatic rings. The smallest absolute Gasteiger partial charge is 0.0245 e. The van der Waals surface area contributed by atoms with Gasteiger partial charge in [0.25, 0.3) is 0 Å². The third-order valence-electron chi connectivity index (χ3n) is 3.60. The summed E-state index contributed by atoms with van der Waals surface area (Å²) in [5, 5.41) is 3.22. The maximum atomic E-state index is 3.62. The van der Waals surface area contributed by atoms with Crippen LogP contribution >= 0.6 is 15.9 Å². The first kappa shape index (κ1) is 16.2. The van der Waals surface area contributed by atoms with Crippen LogP contribution in [0.4, 0.5) is 0 Å². The van der Waals surface area contributed by atoms with Crippen LogP contribution in [0.2, 0.25) is 0 Å². The first-order valence-corrected chi connectivity index (χ1v) is 8.13. The molecule has 0 aliphatic heterocycles. The Morgan fingerprint density at radius 3 is 2.14 bits per heavy atom. The minimum Gasteiger partial charge on any atom is -0.319 e. The van der Waals surface area contributed by atoms with Crippen LogP contribution in [0.25, 0.3) is 0 Å². The van der Waals surface area contributed by atoms with Crippen molar-refractivity contribution in [3.05, 3.63) is 69.7 Å². The van der Waals surface area contributed by atoms with Crippen LogP contribution in [-0.4, -0.2) is 25.5 Å². The zero-order valence-corrected chi connectivity index (χ0v) is 14.4. The van der Waals surface area contributed by atoms with Crippen LogP contribution in [0, 0.1) is 0 Å². The van der Waals surface area contributed by atoms with E-state index in [1.165, 1.54) is 21.2 Å². The van der Waals surface area contributed by atoms with Crippen molar-refractivity contribution in [3.8, 4) is 0 Å². The van der Waals surface area contributed by atoms with E-state index in [-0.39, 0.29) is 0 Å². The molecule has 0 saturated heterocycles. The third kappa shape index (κ3) is 4.95. The van der Waals surface area contributed by atoms with Crippen LogP contribution in [0.15, 0.2) is 53.0 Å². The van der Waals surface area contributed by atoms with Gasteiger partial charge in [-0.05, 0) is 49.8 Å². The Hall–Kier alpha value is -1.16. The van der Waals surface area contributed by atoms with Gasteiger partial charge in [-0.15, -0.1) is 0 Å². The molecule has 2 rings (SSSR count). The van der Waals surface area contributed by atoms with Gasteiger partial charge in [0.2, 0.25) is 0 Å². The standard InChI is InChI=1S/C18H23BrN2/c1-20-12-11-15-7-3-4-8-16(15)13-21(2)14-17-9-5-6-10-18(17)19/h3-10,20H,11-14H2,1-2H3. The van der Waals surface area contributed by atoms with Crippen molar-refractivity contribution in [2.45, 2.75) is 19.5 Å². The largest absolute Gasteiger partial charge is 0.319 e. The van der Waals surface area contributed by atoms with Crippen molar-refractivity contribution in [1.29, 1.82) is 0 Å². The molecule has 1 N–H and O–H groups in total. The van der Waals surface area contributed by atoms with E-state index in [0.29, 0.717) is 0 Å². The van der Waals surface area contributed by atoms with Gasteiger partial charge in [0.15, 0.2) is 0 Å². The average Bonchev–Trinajstić information content (AvgIpc) is 2.49. The van der Waals surface area contributed by atoms with Gasteiger partial charge in [0.1, 0.15) is 0 Å². The number of nitrogens with zero attached hydrogens (tertiary/aromatic N) is 1. The Labute approximate surface area is 136 Å². The number of hydrogen-bond donors (Lipinski definition) is 1. The topological polar surface area (TPSA) is 15.3 Å². The molecule has 0 spiro atoms. The molecule has 0 saturated carbocycles. The molecule has 0 fully saturated rings. The summed E-state index contributed by atoms with van der Waals surface area (Å²) in [6.07, 6.45) is 1.08. The van der Waals surface area contributed by atoms with Crippen LogP contribution < -0.4 is 5.32 Å². The Balaban J connectivity index is 2.02. The lowest BCUT2D eigenvalue weighted by molar-refractivity contribution is 0.317. The predicted octanol–water partition coefficient (Wildman–Crippen LogP) is 3.84. The number of hydrogen-bond acceptors (Lipinski definition) is 2. The zero-order chi connectivity index (χ0) is 15.1. The molecular formula is C18H23BrN2. The van der Waals surface area contributed by atoms with Gasteiger partial charge in [-0.3, -0.25) is 4.90 Å². The monoisotopic (exact) mass is 346 g/mol. The number of rotatable bonds is 7. The van der Waals surface area contributed by atoms with Gasteiger partial charge in [-0.1, -0.05) is 58.4 Å². The lowest BCUT2D eigenvalue weighted by atomic mass is 10.0. The molecule has 0 aromatic heterocycles. The van der Waals surface area contributed by atoms with E-state index in [0.717, 1.165) is 26.1 Å². The van der Waals surface area contributed by atoms with Crippen molar-refractivity contribution in [1.82, 2.24) is 10.2 Å². The van der Waals surface area contributed by atoms with Crippen LogP contribution in [0.5, 0.6) is 0 Å². The summed E-state index contributed by atoms with van der Waals surface area (Å²) in [5.41, 5.74) is 4.18. The number of nitrogens with one attached hydrogen (secondary N) is 1. The molecule has 3 heteroatoms. The van der Waals surface area contributed by atoms with Crippen molar-refractivity contribution in [3.63, 3.8) is 0 Å². The Morgan fingerprint density at radius 2 is 1.48 bits per heavy atom. The highest BCUT2D eigenvalue weighted by Gasteiger charge is 2.07. The Kier molecular flexibility index (Phi) is 6.43. The maximum Gasteiger partial charge on any atom is 0.0245 e. The second-order valence-electron chi connectivity index (χ2n) is 5.39. The SMILES string of the molecule is CNCCc1ccccc1CN(C)Cc1ccccc1Br. The molecule has 2 aromatic carbocycles. The highest BCUT2D eigenvalue weighted by atomic mass is 79.9. The predicted molar refractivity (Wildman–Crippen MR) is 93.4 cm³/mol. The van der Waals surface area contributed by atoms with E-state index in [9.17, 15) is 0 Å². The lowest BCUT2D eigenvalue weighted by Gasteiger charge is -2.19. The van der Waals surface area contributed by atoms with E-state index in [1.807, 2.05) is 7.05 Å². The summed E-state index contributed by atoms with van der Waals surface area (Å²) in [5.74, 6) is 0. The molecule has 0 unspecified atom stereocenters. The average molecular weight is 347 g/mol. The first-order chi connectivity index (χ1) is 10.2. The lowest BCUT2D eigenvalue weighted by Crippen LogP contribution is -2.19. The summed E-state index contributed by atoms with van der Waals surface area (Å²) in [6, 6.07) is 17.2. The minimum absolute atomic E-state index is 0.946.